The van der Waals surface area contributed by atoms with Crippen molar-refractivity contribution >= 4 is 10.8 Å². The molecule has 1 aliphatic heterocycles. The van der Waals surface area contributed by atoms with E-state index >= 15 is 0 Å². The van der Waals surface area contributed by atoms with Crippen LogP contribution in [-0.2, 0) is 6.54 Å². The first-order valence-corrected chi connectivity index (χ1v) is 5.88. The van der Waals surface area contributed by atoms with Gasteiger partial charge in [-0.25, -0.2) is 4.68 Å². The van der Waals surface area contributed by atoms with Crippen LogP contribution < -0.4 is 10.9 Å². The first-order valence-electron chi connectivity index (χ1n) is 5.88. The second-order valence-electron chi connectivity index (χ2n) is 4.39. The molecule has 0 aliphatic carbocycles. The number of fused-ring (bicyclic) bond motifs is 1. The summed E-state index contributed by atoms with van der Waals surface area (Å²) >= 11 is 0. The van der Waals surface area contributed by atoms with Crippen molar-refractivity contribution in [3.05, 3.63) is 35.0 Å². The summed E-state index contributed by atoms with van der Waals surface area (Å²) in [6, 6.07) is 2.12. The third-order valence-corrected chi connectivity index (χ3v) is 3.21. The van der Waals surface area contributed by atoms with Gasteiger partial charge in [0.05, 0.1) is 18.1 Å². The van der Waals surface area contributed by atoms with Gasteiger partial charge in [-0.15, -0.1) is 0 Å². The molecule has 2 aromatic heterocycles. The van der Waals surface area contributed by atoms with Gasteiger partial charge in [-0.1, -0.05) is 0 Å². The van der Waals surface area contributed by atoms with E-state index in [0.29, 0.717) is 18.0 Å². The Hall–Kier alpha value is -1.75. The van der Waals surface area contributed by atoms with Crippen molar-refractivity contribution in [1.82, 2.24) is 20.1 Å². The molecule has 0 radical (unpaired) electrons. The molecule has 3 heterocycles. The zero-order chi connectivity index (χ0) is 11.7. The standard InChI is InChI=1S/C12H14N4O/c17-12-11-3-5-13-6-9(11)7-15-16(12)8-10-2-1-4-14-10/h3,5-7,10,14H,1-2,4,8H2. The van der Waals surface area contributed by atoms with Gasteiger partial charge in [0.25, 0.3) is 5.56 Å². The molecule has 1 aliphatic rings. The molecule has 1 saturated heterocycles. The van der Waals surface area contributed by atoms with E-state index in [-0.39, 0.29) is 5.56 Å². The van der Waals surface area contributed by atoms with Gasteiger partial charge < -0.3 is 5.32 Å². The number of hydrogen-bond acceptors (Lipinski definition) is 4. The van der Waals surface area contributed by atoms with Crippen molar-refractivity contribution in [2.24, 2.45) is 0 Å². The Morgan fingerprint density at radius 1 is 1.47 bits per heavy atom. The predicted molar refractivity (Wildman–Crippen MR) is 64.8 cm³/mol. The first kappa shape index (κ1) is 10.4. The van der Waals surface area contributed by atoms with Crippen molar-refractivity contribution in [3.8, 4) is 0 Å². The maximum absolute atomic E-state index is 12.2. The Morgan fingerprint density at radius 3 is 3.24 bits per heavy atom. The van der Waals surface area contributed by atoms with Crippen LogP contribution >= 0.6 is 0 Å². The van der Waals surface area contributed by atoms with Crippen LogP contribution in [0, 0.1) is 0 Å². The molecule has 1 fully saturated rings. The highest BCUT2D eigenvalue weighted by atomic mass is 16.1. The lowest BCUT2D eigenvalue weighted by Crippen LogP contribution is -2.33. The van der Waals surface area contributed by atoms with E-state index in [1.807, 2.05) is 0 Å². The molecular weight excluding hydrogens is 216 g/mol. The van der Waals surface area contributed by atoms with Gasteiger partial charge in [0.1, 0.15) is 0 Å². The molecule has 3 rings (SSSR count). The summed E-state index contributed by atoms with van der Waals surface area (Å²) in [5.41, 5.74) is -0.0291. The Bertz CT molecular complexity index is 586. The molecule has 88 valence electrons. The van der Waals surface area contributed by atoms with Gasteiger partial charge in [-0.05, 0) is 25.5 Å². The van der Waals surface area contributed by atoms with Gasteiger partial charge in [0.15, 0.2) is 0 Å². The molecule has 0 spiro atoms. The highest BCUT2D eigenvalue weighted by Crippen LogP contribution is 2.08. The maximum Gasteiger partial charge on any atom is 0.274 e. The molecular formula is C12H14N4O. The van der Waals surface area contributed by atoms with Crippen LogP contribution in [0.4, 0.5) is 0 Å². The summed E-state index contributed by atoms with van der Waals surface area (Å²) in [5.74, 6) is 0. The van der Waals surface area contributed by atoms with Crippen LogP contribution in [0.1, 0.15) is 12.8 Å². The van der Waals surface area contributed by atoms with E-state index in [0.717, 1.165) is 18.4 Å². The summed E-state index contributed by atoms with van der Waals surface area (Å²) in [6.07, 6.45) is 7.31. The average Bonchev–Trinajstić information content (AvgIpc) is 2.86. The minimum atomic E-state index is -0.0291. The fraction of sp³-hybridized carbons (Fsp3) is 0.417. The highest BCUT2D eigenvalue weighted by molar-refractivity contribution is 5.79. The first-order chi connectivity index (χ1) is 8.34. The molecule has 2 aromatic rings. The zero-order valence-electron chi connectivity index (χ0n) is 9.47. The highest BCUT2D eigenvalue weighted by Gasteiger charge is 2.16. The van der Waals surface area contributed by atoms with E-state index in [1.54, 1.807) is 29.3 Å². The molecule has 0 bridgehead atoms. The summed E-state index contributed by atoms with van der Waals surface area (Å²) in [4.78, 5) is 16.1. The van der Waals surface area contributed by atoms with Gasteiger partial charge in [0, 0.05) is 23.8 Å². The Kier molecular flexibility index (Phi) is 2.60. The second-order valence-corrected chi connectivity index (χ2v) is 4.39. The fourth-order valence-electron chi connectivity index (χ4n) is 2.28. The lowest BCUT2D eigenvalue weighted by atomic mass is 10.2. The Morgan fingerprint density at radius 2 is 2.41 bits per heavy atom. The van der Waals surface area contributed by atoms with Crippen molar-refractivity contribution < 1.29 is 0 Å². The van der Waals surface area contributed by atoms with Crippen LogP contribution in [-0.4, -0.2) is 27.4 Å². The summed E-state index contributed by atoms with van der Waals surface area (Å²) in [5, 5.41) is 9.05. The average molecular weight is 230 g/mol. The van der Waals surface area contributed by atoms with Gasteiger partial charge in [-0.2, -0.15) is 5.10 Å². The van der Waals surface area contributed by atoms with Crippen molar-refractivity contribution in [2.45, 2.75) is 25.4 Å². The third-order valence-electron chi connectivity index (χ3n) is 3.21. The molecule has 1 atom stereocenters. The van der Waals surface area contributed by atoms with E-state index < -0.39 is 0 Å². The number of nitrogens with zero attached hydrogens (tertiary/aromatic N) is 3. The number of pyridine rings is 1. The molecule has 0 aromatic carbocycles. The third kappa shape index (κ3) is 1.93. The van der Waals surface area contributed by atoms with Crippen molar-refractivity contribution in [1.29, 1.82) is 0 Å². The normalized spacial score (nSPS) is 19.9. The number of rotatable bonds is 2. The summed E-state index contributed by atoms with van der Waals surface area (Å²) in [7, 11) is 0. The molecule has 5 heteroatoms. The minimum absolute atomic E-state index is 0.0291. The topological polar surface area (TPSA) is 59.8 Å². The van der Waals surface area contributed by atoms with E-state index in [2.05, 4.69) is 15.4 Å². The van der Waals surface area contributed by atoms with Gasteiger partial charge >= 0.3 is 0 Å². The molecule has 1 N–H and O–H groups in total. The minimum Gasteiger partial charge on any atom is -0.312 e. The lowest BCUT2D eigenvalue weighted by molar-refractivity contribution is 0.462. The largest absolute Gasteiger partial charge is 0.312 e. The van der Waals surface area contributed by atoms with Crippen LogP contribution in [0.25, 0.3) is 10.8 Å². The molecule has 1 unspecified atom stereocenters. The van der Waals surface area contributed by atoms with Crippen LogP contribution in [0.15, 0.2) is 29.5 Å². The van der Waals surface area contributed by atoms with Crippen molar-refractivity contribution in [3.63, 3.8) is 0 Å². The Balaban J connectivity index is 1.99. The number of nitrogens with one attached hydrogen (secondary N) is 1. The van der Waals surface area contributed by atoms with E-state index in [4.69, 9.17) is 0 Å². The van der Waals surface area contributed by atoms with E-state index in [9.17, 15) is 4.79 Å². The Labute approximate surface area is 98.5 Å². The predicted octanol–water partition coefficient (Wildman–Crippen LogP) is 0.543. The monoisotopic (exact) mass is 230 g/mol. The van der Waals surface area contributed by atoms with Gasteiger partial charge in [-0.3, -0.25) is 9.78 Å². The van der Waals surface area contributed by atoms with Crippen LogP contribution in [0.2, 0.25) is 0 Å². The summed E-state index contributed by atoms with van der Waals surface area (Å²) < 4.78 is 1.55. The molecule has 5 nitrogen and oxygen atoms in total. The molecule has 0 amide bonds. The quantitative estimate of drug-likeness (QED) is 0.818. The number of hydrogen-bond donors (Lipinski definition) is 1. The van der Waals surface area contributed by atoms with Crippen molar-refractivity contribution in [2.75, 3.05) is 6.54 Å². The second kappa shape index (κ2) is 4.25. The van der Waals surface area contributed by atoms with Crippen LogP contribution in [0.3, 0.4) is 0 Å². The van der Waals surface area contributed by atoms with Gasteiger partial charge in [0.2, 0.25) is 0 Å². The SMILES string of the molecule is O=c1c2ccncc2cnn1CC1CCCN1. The lowest BCUT2D eigenvalue weighted by Gasteiger charge is -2.11. The van der Waals surface area contributed by atoms with Crippen LogP contribution in [0.5, 0.6) is 0 Å². The molecule has 0 saturated carbocycles. The maximum atomic E-state index is 12.2. The zero-order valence-corrected chi connectivity index (χ0v) is 9.47. The smallest absolute Gasteiger partial charge is 0.274 e. The van der Waals surface area contributed by atoms with E-state index in [1.165, 1.54) is 6.42 Å². The summed E-state index contributed by atoms with van der Waals surface area (Å²) in [6.45, 7) is 1.69. The fourth-order valence-corrected chi connectivity index (χ4v) is 2.28. The number of aromatic nitrogens is 3. The molecule has 17 heavy (non-hydrogen) atoms.